The van der Waals surface area contributed by atoms with Crippen molar-refractivity contribution in [2.45, 2.75) is 46.0 Å². The Labute approximate surface area is 206 Å². The molecule has 1 N–H and O–H groups in total. The number of benzene rings is 2. The van der Waals surface area contributed by atoms with E-state index in [1.54, 1.807) is 31.2 Å². The molecule has 1 aliphatic rings. The number of nitrogens with one attached hydrogen (secondary N) is 1. The van der Waals surface area contributed by atoms with Gasteiger partial charge in [-0.25, -0.2) is 4.79 Å². The fraction of sp³-hybridized carbons (Fsp3) is 0.400. The molecule has 10 heteroatoms. The first-order chi connectivity index (χ1) is 16.4. The summed E-state index contributed by atoms with van der Waals surface area (Å²) in [7, 11) is -2.39. The van der Waals surface area contributed by atoms with Crippen LogP contribution >= 0.6 is 7.60 Å². The number of carbonyl (C=O) groups is 3. The first kappa shape index (κ1) is 28.2. The molecule has 1 aliphatic heterocycles. The quantitative estimate of drug-likeness (QED) is 0.240. The molecule has 2 atom stereocenters. The minimum absolute atomic E-state index is 0. The van der Waals surface area contributed by atoms with E-state index in [0.29, 0.717) is 24.0 Å². The molecule has 3 amide bonds. The van der Waals surface area contributed by atoms with Crippen LogP contribution in [-0.2, 0) is 25.0 Å². The van der Waals surface area contributed by atoms with Crippen LogP contribution in [0.5, 0.6) is 0 Å². The molecule has 0 spiro atoms. The standard InChI is InChI=1S/C24H29N2O7P.CH4/c1-3-33-34(30,31-2)21(25-24(29)32-17-18-11-5-4-6-12-18)15-9-10-16-26-22(27)19-13-7-8-14-20(19)23(26)28;/h4-8,11-14,21H,3,9-10,15-17H2,1-2H3,(H,25,29);1H4. The van der Waals surface area contributed by atoms with Crippen LogP contribution < -0.4 is 5.32 Å². The Balaban J connectivity index is 0.00000432. The maximum absolute atomic E-state index is 13.2. The molecule has 3 rings (SSSR count). The third-order valence-electron chi connectivity index (χ3n) is 5.43. The Bertz CT molecular complexity index is 1030. The number of amides is 3. The zero-order chi connectivity index (χ0) is 24.6. The van der Waals surface area contributed by atoms with Gasteiger partial charge < -0.3 is 19.1 Å². The number of unbranched alkanes of at least 4 members (excludes halogenated alkanes) is 1. The van der Waals surface area contributed by atoms with Crippen molar-refractivity contribution < 1.29 is 32.7 Å². The van der Waals surface area contributed by atoms with E-state index >= 15 is 0 Å². The van der Waals surface area contributed by atoms with Gasteiger partial charge >= 0.3 is 13.7 Å². The number of hydrogen-bond donors (Lipinski definition) is 1. The van der Waals surface area contributed by atoms with Gasteiger partial charge in [-0.2, -0.15) is 0 Å². The van der Waals surface area contributed by atoms with E-state index in [-0.39, 0.29) is 45.4 Å². The SMILES string of the molecule is C.CCOP(=O)(OC)C(CCCCN1C(=O)c2ccccc2C1=O)NC(=O)OCc1ccccc1. The minimum atomic E-state index is -3.66. The van der Waals surface area contributed by atoms with Gasteiger partial charge in [0.15, 0.2) is 0 Å². The summed E-state index contributed by atoms with van der Waals surface area (Å²) in [6.45, 7) is 2.09. The van der Waals surface area contributed by atoms with E-state index in [0.717, 1.165) is 5.56 Å². The van der Waals surface area contributed by atoms with Crippen LogP contribution in [0.2, 0.25) is 0 Å². The van der Waals surface area contributed by atoms with Crippen molar-refractivity contribution in [3.8, 4) is 0 Å². The Kier molecular flexibility index (Phi) is 10.6. The van der Waals surface area contributed by atoms with Gasteiger partial charge in [0.25, 0.3) is 11.8 Å². The van der Waals surface area contributed by atoms with Gasteiger partial charge in [0.2, 0.25) is 0 Å². The van der Waals surface area contributed by atoms with Crippen LogP contribution in [0.3, 0.4) is 0 Å². The molecule has 1 heterocycles. The second-order valence-electron chi connectivity index (χ2n) is 7.67. The van der Waals surface area contributed by atoms with E-state index < -0.39 is 19.5 Å². The topological polar surface area (TPSA) is 111 Å². The highest BCUT2D eigenvalue weighted by Gasteiger charge is 2.37. The Morgan fingerprint density at radius 2 is 1.60 bits per heavy atom. The monoisotopic (exact) mass is 504 g/mol. The van der Waals surface area contributed by atoms with E-state index in [9.17, 15) is 18.9 Å². The maximum atomic E-state index is 13.2. The Hall–Kier alpha value is -3.00. The molecule has 2 unspecified atom stereocenters. The van der Waals surface area contributed by atoms with E-state index in [1.807, 2.05) is 30.3 Å². The van der Waals surface area contributed by atoms with Crippen molar-refractivity contribution in [1.82, 2.24) is 10.2 Å². The molecular weight excluding hydrogens is 471 g/mol. The molecule has 0 bridgehead atoms. The fourth-order valence-corrected chi connectivity index (χ4v) is 5.37. The van der Waals surface area contributed by atoms with Gasteiger partial charge in [0.1, 0.15) is 12.4 Å². The van der Waals surface area contributed by atoms with Crippen molar-refractivity contribution in [3.63, 3.8) is 0 Å². The van der Waals surface area contributed by atoms with Crippen molar-refractivity contribution >= 4 is 25.5 Å². The van der Waals surface area contributed by atoms with Crippen LogP contribution in [0.4, 0.5) is 4.79 Å². The van der Waals surface area contributed by atoms with Gasteiger partial charge in [-0.15, -0.1) is 0 Å². The molecule has 0 fully saturated rings. The molecular formula is C25H33N2O7P. The fourth-order valence-electron chi connectivity index (χ4n) is 3.71. The first-order valence-electron chi connectivity index (χ1n) is 11.1. The van der Waals surface area contributed by atoms with Crippen molar-refractivity contribution in [3.05, 3.63) is 71.3 Å². The summed E-state index contributed by atoms with van der Waals surface area (Å²) in [6.07, 6.45) is 0.413. The van der Waals surface area contributed by atoms with Crippen molar-refractivity contribution in [2.24, 2.45) is 0 Å². The molecule has 9 nitrogen and oxygen atoms in total. The second kappa shape index (κ2) is 13.2. The van der Waals surface area contributed by atoms with Gasteiger partial charge in [-0.3, -0.25) is 19.1 Å². The normalized spacial score (nSPS) is 15.1. The number of carbonyl (C=O) groups excluding carboxylic acids is 3. The van der Waals surface area contributed by atoms with Crippen molar-refractivity contribution in [2.75, 3.05) is 20.3 Å². The van der Waals surface area contributed by atoms with Crippen LogP contribution in [0.15, 0.2) is 54.6 Å². The van der Waals surface area contributed by atoms with Gasteiger partial charge in [0.05, 0.1) is 17.7 Å². The zero-order valence-electron chi connectivity index (χ0n) is 19.3. The summed E-state index contributed by atoms with van der Waals surface area (Å²) < 4.78 is 28.9. The largest absolute Gasteiger partial charge is 0.445 e. The molecule has 2 aromatic carbocycles. The molecule has 0 aliphatic carbocycles. The summed E-state index contributed by atoms with van der Waals surface area (Å²) in [5, 5.41) is 2.60. The number of ether oxygens (including phenoxy) is 1. The highest BCUT2D eigenvalue weighted by molar-refractivity contribution is 7.54. The number of rotatable bonds is 12. The summed E-state index contributed by atoms with van der Waals surface area (Å²) in [4.78, 5) is 38.6. The Morgan fingerprint density at radius 3 is 2.17 bits per heavy atom. The number of hydrogen-bond acceptors (Lipinski definition) is 7. The zero-order valence-corrected chi connectivity index (χ0v) is 20.2. The molecule has 0 saturated heterocycles. The number of nitrogens with zero attached hydrogens (tertiary/aromatic N) is 1. The molecule has 35 heavy (non-hydrogen) atoms. The highest BCUT2D eigenvalue weighted by atomic mass is 31.2. The maximum Gasteiger partial charge on any atom is 0.408 e. The lowest BCUT2D eigenvalue weighted by Gasteiger charge is -2.26. The van der Waals surface area contributed by atoms with Gasteiger partial charge in [0, 0.05) is 13.7 Å². The highest BCUT2D eigenvalue weighted by Crippen LogP contribution is 2.52. The smallest absolute Gasteiger partial charge is 0.408 e. The average Bonchev–Trinajstić information content (AvgIpc) is 3.10. The third kappa shape index (κ3) is 7.01. The van der Waals surface area contributed by atoms with E-state index in [1.165, 1.54) is 12.0 Å². The average molecular weight is 505 g/mol. The lowest BCUT2D eigenvalue weighted by Crippen LogP contribution is -2.36. The van der Waals surface area contributed by atoms with Gasteiger partial charge in [-0.1, -0.05) is 49.9 Å². The molecule has 0 saturated carbocycles. The van der Waals surface area contributed by atoms with Gasteiger partial charge in [-0.05, 0) is 43.9 Å². The predicted octanol–water partition coefficient (Wildman–Crippen LogP) is 5.22. The minimum Gasteiger partial charge on any atom is -0.445 e. The van der Waals surface area contributed by atoms with Crippen LogP contribution in [0.25, 0.3) is 0 Å². The predicted molar refractivity (Wildman–Crippen MR) is 132 cm³/mol. The third-order valence-corrected chi connectivity index (χ3v) is 7.71. The van der Waals surface area contributed by atoms with Crippen molar-refractivity contribution in [1.29, 1.82) is 0 Å². The Morgan fingerprint density at radius 1 is 1.00 bits per heavy atom. The van der Waals surface area contributed by atoms with E-state index in [4.69, 9.17) is 13.8 Å². The molecule has 190 valence electrons. The summed E-state index contributed by atoms with van der Waals surface area (Å²) in [6, 6.07) is 15.9. The van der Waals surface area contributed by atoms with Crippen LogP contribution in [0, 0.1) is 0 Å². The molecule has 2 aromatic rings. The molecule has 0 radical (unpaired) electrons. The summed E-state index contributed by atoms with van der Waals surface area (Å²) in [5.41, 5.74) is 1.61. The first-order valence-corrected chi connectivity index (χ1v) is 12.7. The lowest BCUT2D eigenvalue weighted by molar-refractivity contribution is 0.0651. The number of imide groups is 1. The summed E-state index contributed by atoms with van der Waals surface area (Å²) >= 11 is 0. The second-order valence-corrected chi connectivity index (χ2v) is 9.99. The summed E-state index contributed by atoms with van der Waals surface area (Å²) in [5.74, 6) is -1.59. The van der Waals surface area contributed by atoms with Crippen LogP contribution in [-0.4, -0.2) is 48.9 Å². The van der Waals surface area contributed by atoms with Crippen LogP contribution in [0.1, 0.15) is 59.9 Å². The number of fused-ring (bicyclic) bond motifs is 1. The van der Waals surface area contributed by atoms with E-state index in [2.05, 4.69) is 5.32 Å². The molecule has 0 aromatic heterocycles. The lowest BCUT2D eigenvalue weighted by atomic mass is 10.1. The number of alkyl carbamates (subject to hydrolysis) is 1.